The number of carbonyl (C=O) groups excluding carboxylic acids is 2. The first kappa shape index (κ1) is 17.9. The van der Waals surface area contributed by atoms with Gasteiger partial charge in [0, 0.05) is 30.8 Å². The topological polar surface area (TPSA) is 76.5 Å². The third kappa shape index (κ3) is 4.01. The highest BCUT2D eigenvalue weighted by molar-refractivity contribution is 5.77. The molecule has 0 unspecified atom stereocenters. The van der Waals surface area contributed by atoms with Crippen molar-refractivity contribution in [1.82, 2.24) is 14.7 Å². The molecule has 1 aromatic heterocycles. The molecule has 1 N–H and O–H groups in total. The average Bonchev–Trinajstić information content (AvgIpc) is 3.00. The largest absolute Gasteiger partial charge is 0.493 e. The van der Waals surface area contributed by atoms with Gasteiger partial charge in [0.2, 0.25) is 12.3 Å². The maximum Gasteiger partial charge on any atom is 0.244 e. The van der Waals surface area contributed by atoms with Crippen LogP contribution in [0, 0.1) is 18.2 Å². The number of aryl methyl sites for hydroxylation is 1. The van der Waals surface area contributed by atoms with E-state index in [0.29, 0.717) is 43.1 Å². The van der Waals surface area contributed by atoms with Crippen molar-refractivity contribution in [2.45, 2.75) is 20.4 Å². The maximum absolute atomic E-state index is 13.6. The minimum absolute atomic E-state index is 0.0513. The summed E-state index contributed by atoms with van der Waals surface area (Å²) in [5.74, 6) is 0.149. The molecule has 1 saturated heterocycles. The summed E-state index contributed by atoms with van der Waals surface area (Å²) in [6.45, 7) is 5.39. The van der Waals surface area contributed by atoms with Gasteiger partial charge in [-0.25, -0.2) is 4.39 Å². The molecule has 0 radical (unpaired) electrons. The van der Waals surface area contributed by atoms with Crippen molar-refractivity contribution >= 4 is 18.0 Å². The Bertz CT molecular complexity index is 815. The number of aromatic nitrogens is 2. The minimum Gasteiger partial charge on any atom is -0.493 e. The molecule has 0 bridgehead atoms. The van der Waals surface area contributed by atoms with Crippen LogP contribution >= 0.6 is 0 Å². The molecular weight excluding hydrogens is 339 g/mol. The molecular formula is C18H21FN4O3. The smallest absolute Gasteiger partial charge is 0.244 e. The molecule has 2 amide bonds. The molecule has 26 heavy (non-hydrogen) atoms. The van der Waals surface area contributed by atoms with Gasteiger partial charge in [-0.05, 0) is 18.6 Å². The number of hydrogen-bond acceptors (Lipinski definition) is 4. The maximum atomic E-state index is 13.6. The summed E-state index contributed by atoms with van der Waals surface area (Å²) in [4.78, 5) is 24.4. The second-order valence-electron chi connectivity index (χ2n) is 6.95. The number of ether oxygens (including phenoxy) is 1. The number of nitrogens with zero attached hydrogens (tertiary/aromatic N) is 3. The first-order valence-corrected chi connectivity index (χ1v) is 8.28. The fourth-order valence-electron chi connectivity index (χ4n) is 2.90. The second-order valence-corrected chi connectivity index (χ2v) is 6.95. The quantitative estimate of drug-likeness (QED) is 0.765. The third-order valence-electron chi connectivity index (χ3n) is 4.38. The molecule has 1 aliphatic rings. The summed E-state index contributed by atoms with van der Waals surface area (Å²) in [6, 6.07) is 4.80. The summed E-state index contributed by atoms with van der Waals surface area (Å²) >= 11 is 0. The zero-order valence-electron chi connectivity index (χ0n) is 14.7. The van der Waals surface area contributed by atoms with E-state index in [2.05, 4.69) is 10.4 Å². The number of anilines is 1. The number of hydrogen-bond donors (Lipinski definition) is 1. The van der Waals surface area contributed by atoms with Crippen molar-refractivity contribution in [2.24, 2.45) is 5.41 Å². The molecule has 7 nitrogen and oxygen atoms in total. The van der Waals surface area contributed by atoms with Gasteiger partial charge in [-0.2, -0.15) is 5.10 Å². The lowest BCUT2D eigenvalue weighted by Crippen LogP contribution is -2.60. The second kappa shape index (κ2) is 7.15. The van der Waals surface area contributed by atoms with Crippen LogP contribution in [0.3, 0.4) is 0 Å². The number of nitrogens with one attached hydrogen (secondary N) is 1. The highest BCUT2D eigenvalue weighted by Gasteiger charge is 2.42. The standard InChI is InChI=1S/C18H21FN4O3/c1-13-3-4-15(5-16(13)19)26-11-18(2)9-22(10-18)17(25)8-23-7-14(6-21-23)20-12-24/h3-7,12H,8-11H2,1-2H3,(H,20,24). The first-order chi connectivity index (χ1) is 12.4. The van der Waals surface area contributed by atoms with Crippen LogP contribution in [0.5, 0.6) is 5.75 Å². The average molecular weight is 360 g/mol. The van der Waals surface area contributed by atoms with Gasteiger partial charge >= 0.3 is 0 Å². The molecule has 0 aliphatic carbocycles. The van der Waals surface area contributed by atoms with E-state index in [9.17, 15) is 14.0 Å². The van der Waals surface area contributed by atoms with E-state index in [1.807, 2.05) is 6.92 Å². The Morgan fingerprint density at radius 2 is 2.23 bits per heavy atom. The summed E-state index contributed by atoms with van der Waals surface area (Å²) in [5.41, 5.74) is 0.958. The first-order valence-electron chi connectivity index (χ1n) is 8.28. The van der Waals surface area contributed by atoms with Crippen LogP contribution in [0.25, 0.3) is 0 Å². The number of halogens is 1. The van der Waals surface area contributed by atoms with Crippen LogP contribution in [-0.4, -0.2) is 46.7 Å². The summed E-state index contributed by atoms with van der Waals surface area (Å²) in [6.07, 6.45) is 3.64. The lowest BCUT2D eigenvalue weighted by molar-refractivity contribution is -0.145. The molecule has 2 aromatic rings. The van der Waals surface area contributed by atoms with Gasteiger partial charge in [-0.1, -0.05) is 13.0 Å². The zero-order valence-corrected chi connectivity index (χ0v) is 14.7. The van der Waals surface area contributed by atoms with Crippen LogP contribution in [0.1, 0.15) is 12.5 Å². The Morgan fingerprint density at radius 3 is 2.92 bits per heavy atom. The van der Waals surface area contributed by atoms with Crippen molar-refractivity contribution in [1.29, 1.82) is 0 Å². The molecule has 8 heteroatoms. The number of benzene rings is 1. The van der Waals surface area contributed by atoms with Crippen LogP contribution in [0.15, 0.2) is 30.6 Å². The molecule has 1 aliphatic heterocycles. The normalized spacial score (nSPS) is 15.3. The van der Waals surface area contributed by atoms with Gasteiger partial charge in [0.25, 0.3) is 0 Å². The minimum atomic E-state index is -0.291. The molecule has 0 atom stereocenters. The van der Waals surface area contributed by atoms with E-state index < -0.39 is 0 Å². The van der Waals surface area contributed by atoms with Crippen LogP contribution in [0.4, 0.5) is 10.1 Å². The third-order valence-corrected chi connectivity index (χ3v) is 4.38. The number of rotatable bonds is 7. The van der Waals surface area contributed by atoms with Gasteiger partial charge in [-0.15, -0.1) is 0 Å². The van der Waals surface area contributed by atoms with Crippen molar-refractivity contribution < 1.29 is 18.7 Å². The SMILES string of the molecule is Cc1ccc(OCC2(C)CN(C(=O)Cn3cc(NC=O)cn3)C2)cc1F. The molecule has 138 valence electrons. The predicted molar refractivity (Wildman–Crippen MR) is 93.2 cm³/mol. The van der Waals surface area contributed by atoms with E-state index >= 15 is 0 Å². The fraction of sp³-hybridized carbons (Fsp3) is 0.389. The van der Waals surface area contributed by atoms with Gasteiger partial charge in [0.1, 0.15) is 18.1 Å². The highest BCUT2D eigenvalue weighted by Crippen LogP contribution is 2.31. The van der Waals surface area contributed by atoms with Crippen molar-refractivity contribution in [3.8, 4) is 5.75 Å². The van der Waals surface area contributed by atoms with Gasteiger partial charge in [0.05, 0.1) is 18.5 Å². The van der Waals surface area contributed by atoms with Crippen LogP contribution < -0.4 is 10.1 Å². The molecule has 1 aromatic carbocycles. The predicted octanol–water partition coefficient (Wildman–Crippen LogP) is 1.83. The summed E-state index contributed by atoms with van der Waals surface area (Å²) < 4.78 is 20.7. The fourth-order valence-corrected chi connectivity index (χ4v) is 2.90. The van der Waals surface area contributed by atoms with Gasteiger partial charge in [-0.3, -0.25) is 14.3 Å². The Hall–Kier alpha value is -2.90. The number of carbonyl (C=O) groups is 2. The van der Waals surface area contributed by atoms with E-state index in [0.717, 1.165) is 0 Å². The molecule has 2 heterocycles. The van der Waals surface area contributed by atoms with E-state index in [1.54, 1.807) is 30.2 Å². The van der Waals surface area contributed by atoms with E-state index in [-0.39, 0.29) is 23.7 Å². The van der Waals surface area contributed by atoms with Crippen molar-refractivity contribution in [2.75, 3.05) is 25.0 Å². The van der Waals surface area contributed by atoms with Crippen molar-refractivity contribution in [3.63, 3.8) is 0 Å². The Balaban J connectivity index is 1.47. The lowest BCUT2D eigenvalue weighted by Gasteiger charge is -2.47. The van der Waals surface area contributed by atoms with E-state index in [1.165, 1.54) is 16.9 Å². The van der Waals surface area contributed by atoms with Crippen molar-refractivity contribution in [3.05, 3.63) is 42.0 Å². The van der Waals surface area contributed by atoms with Crippen LogP contribution in [0.2, 0.25) is 0 Å². The highest BCUT2D eigenvalue weighted by atomic mass is 19.1. The van der Waals surface area contributed by atoms with Gasteiger partial charge < -0.3 is 15.0 Å². The Labute approximate surface area is 150 Å². The van der Waals surface area contributed by atoms with Gasteiger partial charge in [0.15, 0.2) is 0 Å². The summed E-state index contributed by atoms with van der Waals surface area (Å²) in [7, 11) is 0. The summed E-state index contributed by atoms with van der Waals surface area (Å²) in [5, 5.41) is 6.51. The monoisotopic (exact) mass is 360 g/mol. The molecule has 1 fully saturated rings. The number of likely N-dealkylation sites (tertiary alicyclic amines) is 1. The molecule has 3 rings (SSSR count). The Kier molecular flexibility index (Phi) is 4.92. The zero-order chi connectivity index (χ0) is 18.7. The molecule has 0 saturated carbocycles. The van der Waals surface area contributed by atoms with Crippen LogP contribution in [-0.2, 0) is 16.1 Å². The lowest BCUT2D eigenvalue weighted by atomic mass is 9.83. The molecule has 0 spiro atoms. The number of amides is 2. The van der Waals surface area contributed by atoms with E-state index in [4.69, 9.17) is 4.74 Å². The Morgan fingerprint density at radius 1 is 1.46 bits per heavy atom.